The van der Waals surface area contributed by atoms with Gasteiger partial charge >= 0.3 is 5.97 Å². The van der Waals surface area contributed by atoms with E-state index in [0.29, 0.717) is 22.2 Å². The summed E-state index contributed by atoms with van der Waals surface area (Å²) in [4.78, 5) is 29.5. The molecule has 1 atom stereocenters. The number of carbonyl (C=O) groups excluding carboxylic acids is 2. The highest BCUT2D eigenvalue weighted by Gasteiger charge is 2.26. The monoisotopic (exact) mass is 382 g/mol. The molecular weight excluding hydrogens is 363 g/mol. The van der Waals surface area contributed by atoms with Crippen LogP contribution in [0.2, 0.25) is 0 Å². The third kappa shape index (κ3) is 4.09. The number of esters is 1. The molecule has 1 heterocycles. The van der Waals surface area contributed by atoms with Gasteiger partial charge in [0.15, 0.2) is 6.04 Å². The van der Waals surface area contributed by atoms with E-state index >= 15 is 0 Å². The van der Waals surface area contributed by atoms with Gasteiger partial charge in [0.25, 0.3) is 5.91 Å². The van der Waals surface area contributed by atoms with Crippen molar-refractivity contribution in [3.63, 3.8) is 0 Å². The van der Waals surface area contributed by atoms with Crippen molar-refractivity contribution in [3.05, 3.63) is 71.2 Å². The second kappa shape index (κ2) is 8.04. The quantitative estimate of drug-likeness (QED) is 0.660. The number of aromatic nitrogens is 1. The van der Waals surface area contributed by atoms with Crippen LogP contribution >= 0.6 is 0 Å². The third-order valence-electron chi connectivity index (χ3n) is 4.22. The van der Waals surface area contributed by atoms with E-state index < -0.39 is 23.7 Å². The van der Waals surface area contributed by atoms with Crippen molar-refractivity contribution in [1.82, 2.24) is 10.3 Å². The van der Waals surface area contributed by atoms with Crippen molar-refractivity contribution in [1.29, 1.82) is 0 Å². The molecule has 0 saturated heterocycles. The Morgan fingerprint density at radius 1 is 1.21 bits per heavy atom. The number of phenolic OH excluding ortho intramolecular Hbond substituents is 1. The fourth-order valence-electron chi connectivity index (χ4n) is 2.88. The van der Waals surface area contributed by atoms with Gasteiger partial charge in [-0.2, -0.15) is 0 Å². The van der Waals surface area contributed by atoms with Gasteiger partial charge in [0.05, 0.1) is 23.4 Å². The number of rotatable bonds is 5. The van der Waals surface area contributed by atoms with Crippen LogP contribution in [0.4, 0.5) is 4.39 Å². The number of nitrogens with zero attached hydrogens (tertiary/aromatic N) is 1. The number of aromatic hydroxyl groups is 1. The smallest absolute Gasteiger partial charge is 0.333 e. The van der Waals surface area contributed by atoms with Gasteiger partial charge in [-0.15, -0.1) is 0 Å². The van der Waals surface area contributed by atoms with E-state index in [0.717, 1.165) is 0 Å². The Bertz CT molecular complexity index is 1050. The van der Waals surface area contributed by atoms with Gasteiger partial charge in [0, 0.05) is 11.5 Å². The van der Waals surface area contributed by atoms with Gasteiger partial charge < -0.3 is 15.2 Å². The summed E-state index contributed by atoms with van der Waals surface area (Å²) in [6, 6.07) is 10.6. The molecule has 3 rings (SSSR count). The first kappa shape index (κ1) is 19.3. The summed E-state index contributed by atoms with van der Waals surface area (Å²) in [6.45, 7) is 3.44. The van der Waals surface area contributed by atoms with Crippen molar-refractivity contribution in [2.75, 3.05) is 6.61 Å². The van der Waals surface area contributed by atoms with Crippen molar-refractivity contribution in [2.24, 2.45) is 0 Å². The number of fused-ring (bicyclic) bond motifs is 1. The number of hydrogen-bond donors (Lipinski definition) is 2. The fourth-order valence-corrected chi connectivity index (χ4v) is 2.88. The SMILES string of the molecule is CCOC(=O)C(NC(=O)c1cc2ccc(F)cc2nc1C)c1cccc(O)c1. The summed E-state index contributed by atoms with van der Waals surface area (Å²) in [5.74, 6) is -1.62. The molecule has 1 aromatic heterocycles. The highest BCUT2D eigenvalue weighted by atomic mass is 19.1. The Hall–Kier alpha value is -3.48. The summed E-state index contributed by atoms with van der Waals surface area (Å²) < 4.78 is 18.4. The lowest BCUT2D eigenvalue weighted by atomic mass is 10.0. The minimum absolute atomic E-state index is 0.0355. The van der Waals surface area contributed by atoms with Crippen LogP contribution in [0.3, 0.4) is 0 Å². The number of nitrogens with one attached hydrogen (secondary N) is 1. The highest BCUT2D eigenvalue weighted by Crippen LogP contribution is 2.22. The molecule has 0 fully saturated rings. The minimum atomic E-state index is -1.09. The Morgan fingerprint density at radius 3 is 2.71 bits per heavy atom. The Labute approximate surface area is 161 Å². The summed E-state index contributed by atoms with van der Waals surface area (Å²) in [5.41, 5.74) is 1.48. The molecule has 0 saturated carbocycles. The lowest BCUT2D eigenvalue weighted by Crippen LogP contribution is -2.35. The van der Waals surface area contributed by atoms with Gasteiger partial charge in [-0.1, -0.05) is 12.1 Å². The van der Waals surface area contributed by atoms with E-state index in [-0.39, 0.29) is 17.9 Å². The molecule has 144 valence electrons. The summed E-state index contributed by atoms with van der Waals surface area (Å²) in [5, 5.41) is 12.9. The first-order valence-corrected chi connectivity index (χ1v) is 8.72. The van der Waals surface area contributed by atoms with Crippen LogP contribution in [0.25, 0.3) is 10.9 Å². The predicted molar refractivity (Wildman–Crippen MR) is 101 cm³/mol. The normalized spacial score (nSPS) is 11.8. The first-order chi connectivity index (χ1) is 13.4. The molecule has 2 aromatic carbocycles. The molecule has 3 aromatic rings. The van der Waals surface area contributed by atoms with Crippen LogP contribution < -0.4 is 5.32 Å². The number of ether oxygens (including phenoxy) is 1. The first-order valence-electron chi connectivity index (χ1n) is 8.72. The molecule has 2 N–H and O–H groups in total. The van der Waals surface area contributed by atoms with Crippen LogP contribution in [0, 0.1) is 12.7 Å². The van der Waals surface area contributed by atoms with Crippen LogP contribution in [0.1, 0.15) is 34.6 Å². The fraction of sp³-hybridized carbons (Fsp3) is 0.190. The second-order valence-electron chi connectivity index (χ2n) is 6.21. The average molecular weight is 382 g/mol. The summed E-state index contributed by atoms with van der Waals surface area (Å²) in [7, 11) is 0. The average Bonchev–Trinajstić information content (AvgIpc) is 2.65. The standard InChI is InChI=1S/C21H19FN2O4/c1-3-28-21(27)19(14-5-4-6-16(25)9-14)24-20(26)17-10-13-7-8-15(22)11-18(13)23-12(17)2/h4-11,19,25H,3H2,1-2H3,(H,24,26). The van der Waals surface area contributed by atoms with Crippen molar-refractivity contribution in [3.8, 4) is 5.75 Å². The van der Waals surface area contributed by atoms with Crippen LogP contribution in [0.5, 0.6) is 5.75 Å². The van der Waals surface area contributed by atoms with Gasteiger partial charge in [0.2, 0.25) is 0 Å². The number of benzene rings is 2. The molecule has 0 radical (unpaired) electrons. The second-order valence-corrected chi connectivity index (χ2v) is 6.21. The van der Waals surface area contributed by atoms with Gasteiger partial charge in [-0.05, 0) is 49.7 Å². The number of carbonyl (C=O) groups is 2. The van der Waals surface area contributed by atoms with E-state index in [1.54, 1.807) is 32.0 Å². The lowest BCUT2D eigenvalue weighted by Gasteiger charge is -2.18. The van der Waals surface area contributed by atoms with Crippen molar-refractivity contribution < 1.29 is 23.8 Å². The zero-order valence-electron chi connectivity index (χ0n) is 15.4. The van der Waals surface area contributed by atoms with Crippen LogP contribution in [-0.2, 0) is 9.53 Å². The van der Waals surface area contributed by atoms with Gasteiger partial charge in [0.1, 0.15) is 11.6 Å². The minimum Gasteiger partial charge on any atom is -0.508 e. The zero-order chi connectivity index (χ0) is 20.3. The maximum absolute atomic E-state index is 13.4. The summed E-state index contributed by atoms with van der Waals surface area (Å²) >= 11 is 0. The highest BCUT2D eigenvalue weighted by molar-refractivity contribution is 6.00. The van der Waals surface area contributed by atoms with Crippen LogP contribution in [-0.4, -0.2) is 28.6 Å². The molecule has 28 heavy (non-hydrogen) atoms. The van der Waals surface area contributed by atoms with E-state index in [4.69, 9.17) is 4.74 Å². The number of aryl methyl sites for hydroxylation is 1. The van der Waals surface area contributed by atoms with Gasteiger partial charge in [-0.25, -0.2) is 9.18 Å². The summed E-state index contributed by atoms with van der Waals surface area (Å²) in [6.07, 6.45) is 0. The molecule has 0 spiro atoms. The molecule has 1 amide bonds. The Morgan fingerprint density at radius 2 is 2.00 bits per heavy atom. The number of halogens is 1. The van der Waals surface area contributed by atoms with E-state index in [9.17, 15) is 19.1 Å². The molecule has 0 aliphatic rings. The molecule has 1 unspecified atom stereocenters. The lowest BCUT2D eigenvalue weighted by molar-refractivity contribution is -0.145. The van der Waals surface area contributed by atoms with E-state index in [2.05, 4.69) is 10.3 Å². The number of pyridine rings is 1. The van der Waals surface area contributed by atoms with Gasteiger partial charge in [-0.3, -0.25) is 9.78 Å². The molecular formula is C21H19FN2O4. The number of phenols is 1. The molecule has 0 aliphatic heterocycles. The Kier molecular flexibility index (Phi) is 5.54. The molecule has 7 heteroatoms. The maximum atomic E-state index is 13.4. The molecule has 0 bridgehead atoms. The van der Waals surface area contributed by atoms with E-state index in [1.807, 2.05) is 0 Å². The maximum Gasteiger partial charge on any atom is 0.333 e. The number of amides is 1. The Balaban J connectivity index is 1.95. The largest absolute Gasteiger partial charge is 0.508 e. The topological polar surface area (TPSA) is 88.5 Å². The molecule has 0 aliphatic carbocycles. The van der Waals surface area contributed by atoms with Crippen LogP contribution in [0.15, 0.2) is 48.5 Å². The van der Waals surface area contributed by atoms with E-state index in [1.165, 1.54) is 30.3 Å². The third-order valence-corrected chi connectivity index (χ3v) is 4.22. The molecule has 6 nitrogen and oxygen atoms in total. The zero-order valence-corrected chi connectivity index (χ0v) is 15.4. The van der Waals surface area contributed by atoms with Crippen molar-refractivity contribution in [2.45, 2.75) is 19.9 Å². The predicted octanol–water partition coefficient (Wildman–Crippen LogP) is 3.42. The van der Waals surface area contributed by atoms with Crippen molar-refractivity contribution >= 4 is 22.8 Å². The number of hydrogen-bond acceptors (Lipinski definition) is 5.